The van der Waals surface area contributed by atoms with Gasteiger partial charge in [0.05, 0.1) is 40.8 Å². The van der Waals surface area contributed by atoms with Crippen LogP contribution in [0.3, 0.4) is 0 Å². The molecule has 240 valence electrons. The van der Waals surface area contributed by atoms with Gasteiger partial charge < -0.3 is 14.8 Å². The molecule has 0 spiro atoms. The Bertz CT molecular complexity index is 1950. The number of hydrogen-bond donors (Lipinski definition) is 1. The quantitative estimate of drug-likeness (QED) is 0.116. The zero-order valence-electron chi connectivity index (χ0n) is 24.9. The number of nitrogens with one attached hydrogen (secondary N) is 1. The number of fused-ring (bicyclic) bond motifs is 2. The standard InChI is InChI=1S/C32H26N4O9S2/c1-3-45-31(40)18-4-8-19(9-5-18)33-23(37)16-34-30-27(47-32(34)41)24(17-6-14-22(44-2)15-7-17)25-26(46-30)29(39)35(28(25)38)20-10-12-21(13-11-20)36(42)43/h4-15,24-26H,3,16H2,1-2H3,(H,33,37)/t24-,25-,26+/m0/s1. The number of nitrogens with zero attached hydrogens (tertiary/aromatic N) is 3. The van der Waals surface area contributed by atoms with Crippen LogP contribution in [0, 0.1) is 16.0 Å². The third-order valence-electron chi connectivity index (χ3n) is 7.82. The smallest absolute Gasteiger partial charge is 0.338 e. The van der Waals surface area contributed by atoms with Crippen molar-refractivity contribution >= 4 is 63.9 Å². The number of esters is 1. The Morgan fingerprint density at radius 2 is 1.64 bits per heavy atom. The molecule has 3 aromatic carbocycles. The highest BCUT2D eigenvalue weighted by atomic mass is 32.2. The number of anilines is 2. The zero-order valence-corrected chi connectivity index (χ0v) is 26.5. The third-order valence-corrected chi connectivity index (χ3v) is 10.4. The van der Waals surface area contributed by atoms with E-state index in [0.717, 1.165) is 28.0 Å². The van der Waals surface area contributed by atoms with E-state index in [-0.39, 0.29) is 24.5 Å². The Morgan fingerprint density at radius 1 is 0.957 bits per heavy atom. The number of amides is 3. The number of non-ortho nitro benzene ring substituents is 1. The lowest BCUT2D eigenvalue weighted by molar-refractivity contribution is -0.384. The second-order valence-electron chi connectivity index (χ2n) is 10.6. The SMILES string of the molecule is CCOC(=O)c1ccc(NC(=O)Cn2c3c(sc2=O)[C@@H](c2ccc(OC)cc2)[C@@H]2C(=O)N(c4ccc([N+](=O)[O-])cc4)C(=O)[C@@H]2S3)cc1. The average molecular weight is 675 g/mol. The summed E-state index contributed by atoms with van der Waals surface area (Å²) in [5.74, 6) is -3.03. The fourth-order valence-electron chi connectivity index (χ4n) is 5.65. The topological polar surface area (TPSA) is 167 Å². The van der Waals surface area contributed by atoms with E-state index in [0.29, 0.717) is 32.5 Å². The highest BCUT2D eigenvalue weighted by molar-refractivity contribution is 8.00. The first-order valence-electron chi connectivity index (χ1n) is 14.3. The van der Waals surface area contributed by atoms with Crippen molar-refractivity contribution in [1.82, 2.24) is 4.57 Å². The number of benzene rings is 3. The molecule has 0 aliphatic carbocycles. The Hall–Kier alpha value is -5.28. The third kappa shape index (κ3) is 5.90. The van der Waals surface area contributed by atoms with Crippen LogP contribution in [0.1, 0.15) is 33.6 Å². The number of ether oxygens (including phenoxy) is 2. The lowest BCUT2D eigenvalue weighted by Crippen LogP contribution is -2.33. The van der Waals surface area contributed by atoms with Gasteiger partial charge in [-0.25, -0.2) is 9.69 Å². The number of methoxy groups -OCH3 is 1. The Morgan fingerprint density at radius 3 is 2.26 bits per heavy atom. The van der Waals surface area contributed by atoms with E-state index in [1.807, 2.05) is 0 Å². The molecule has 1 saturated heterocycles. The molecule has 0 saturated carbocycles. The highest BCUT2D eigenvalue weighted by Gasteiger charge is 2.56. The van der Waals surface area contributed by atoms with Crippen LogP contribution in [-0.2, 0) is 25.7 Å². The number of aromatic nitrogens is 1. The van der Waals surface area contributed by atoms with Crippen molar-refractivity contribution in [1.29, 1.82) is 0 Å². The van der Waals surface area contributed by atoms with E-state index >= 15 is 0 Å². The van der Waals surface area contributed by atoms with Crippen molar-refractivity contribution < 1.29 is 33.6 Å². The molecule has 2 aliphatic heterocycles. The number of carbonyl (C=O) groups is 4. The minimum absolute atomic E-state index is 0.185. The zero-order chi connectivity index (χ0) is 33.4. The van der Waals surface area contributed by atoms with Gasteiger partial charge in [-0.1, -0.05) is 35.2 Å². The first-order chi connectivity index (χ1) is 22.6. The maximum Gasteiger partial charge on any atom is 0.338 e. The van der Waals surface area contributed by atoms with Crippen LogP contribution in [0.4, 0.5) is 17.1 Å². The second-order valence-corrected chi connectivity index (χ2v) is 12.7. The molecule has 0 bridgehead atoms. The normalized spacial score (nSPS) is 18.3. The molecule has 3 heterocycles. The van der Waals surface area contributed by atoms with E-state index in [4.69, 9.17) is 9.47 Å². The molecule has 47 heavy (non-hydrogen) atoms. The van der Waals surface area contributed by atoms with Crippen molar-refractivity contribution in [3.63, 3.8) is 0 Å². The van der Waals surface area contributed by atoms with Gasteiger partial charge in [0, 0.05) is 28.6 Å². The molecule has 1 fully saturated rings. The van der Waals surface area contributed by atoms with Crippen LogP contribution in [0.15, 0.2) is 82.6 Å². The molecule has 2 aliphatic rings. The van der Waals surface area contributed by atoms with Crippen molar-refractivity contribution in [2.75, 3.05) is 23.9 Å². The molecule has 4 aromatic rings. The maximum atomic E-state index is 14.0. The van der Waals surface area contributed by atoms with Crippen LogP contribution < -0.4 is 19.8 Å². The van der Waals surface area contributed by atoms with Crippen molar-refractivity contribution in [2.45, 2.75) is 29.7 Å². The van der Waals surface area contributed by atoms with Crippen LogP contribution in [0.25, 0.3) is 0 Å². The highest BCUT2D eigenvalue weighted by Crippen LogP contribution is 2.54. The fraction of sp³-hybridized carbons (Fsp3) is 0.219. The summed E-state index contributed by atoms with van der Waals surface area (Å²) in [7, 11) is 1.52. The number of rotatable bonds is 9. The van der Waals surface area contributed by atoms with Crippen LogP contribution >= 0.6 is 23.1 Å². The molecule has 0 radical (unpaired) electrons. The summed E-state index contributed by atoms with van der Waals surface area (Å²) in [6, 6.07) is 18.3. The number of nitro groups is 1. The average Bonchev–Trinajstić information content (AvgIpc) is 3.51. The lowest BCUT2D eigenvalue weighted by Gasteiger charge is -2.30. The first kappa shape index (κ1) is 31.7. The first-order valence-corrected chi connectivity index (χ1v) is 16.0. The van der Waals surface area contributed by atoms with Gasteiger partial charge in [-0.3, -0.25) is 33.9 Å². The molecule has 15 heteroatoms. The molecule has 0 unspecified atom stereocenters. The summed E-state index contributed by atoms with van der Waals surface area (Å²) in [5.41, 5.74) is 1.41. The van der Waals surface area contributed by atoms with E-state index in [1.165, 1.54) is 48.1 Å². The molecule has 13 nitrogen and oxygen atoms in total. The van der Waals surface area contributed by atoms with Crippen LogP contribution in [0.5, 0.6) is 5.75 Å². The van der Waals surface area contributed by atoms with Gasteiger partial charge in [0.1, 0.15) is 17.5 Å². The van der Waals surface area contributed by atoms with Gasteiger partial charge in [-0.15, -0.1) is 0 Å². The van der Waals surface area contributed by atoms with E-state index < -0.39 is 50.6 Å². The largest absolute Gasteiger partial charge is 0.497 e. The Balaban J connectivity index is 1.33. The van der Waals surface area contributed by atoms with Crippen molar-refractivity contribution in [3.8, 4) is 5.75 Å². The Kier molecular flexibility index (Phi) is 8.66. The molecular weight excluding hydrogens is 649 g/mol. The summed E-state index contributed by atoms with van der Waals surface area (Å²) in [6.07, 6.45) is 0. The number of hydrogen-bond acceptors (Lipinski definition) is 11. The van der Waals surface area contributed by atoms with Gasteiger partial charge >= 0.3 is 10.8 Å². The van der Waals surface area contributed by atoms with Gasteiger partial charge in [0.2, 0.25) is 17.7 Å². The molecule has 1 aromatic heterocycles. The summed E-state index contributed by atoms with van der Waals surface area (Å²) in [6.45, 7) is 1.56. The lowest BCUT2D eigenvalue weighted by atomic mass is 9.83. The molecule has 1 N–H and O–H groups in total. The number of nitro benzene ring substituents is 1. The molecule has 6 rings (SSSR count). The number of thiazole rings is 1. The van der Waals surface area contributed by atoms with Crippen LogP contribution in [0.2, 0.25) is 0 Å². The summed E-state index contributed by atoms with van der Waals surface area (Å²) < 4.78 is 11.6. The predicted molar refractivity (Wildman–Crippen MR) is 173 cm³/mol. The Labute approximate surface area is 275 Å². The number of carbonyl (C=O) groups excluding carboxylic acids is 4. The summed E-state index contributed by atoms with van der Waals surface area (Å²) in [4.78, 5) is 78.2. The molecular formula is C32H26N4O9S2. The van der Waals surface area contributed by atoms with Gasteiger partial charge in [-0.05, 0) is 61.0 Å². The van der Waals surface area contributed by atoms with Gasteiger partial charge in [0.25, 0.3) is 5.69 Å². The second kappa shape index (κ2) is 12.8. The monoisotopic (exact) mass is 674 g/mol. The number of imide groups is 1. The predicted octanol–water partition coefficient (Wildman–Crippen LogP) is 4.44. The van der Waals surface area contributed by atoms with E-state index in [2.05, 4.69) is 5.32 Å². The van der Waals surface area contributed by atoms with Crippen molar-refractivity contribution in [2.24, 2.45) is 5.92 Å². The minimum atomic E-state index is -0.934. The van der Waals surface area contributed by atoms with Gasteiger partial charge in [-0.2, -0.15) is 0 Å². The summed E-state index contributed by atoms with van der Waals surface area (Å²) >= 11 is 1.96. The summed E-state index contributed by atoms with van der Waals surface area (Å²) in [5, 5.41) is 13.4. The minimum Gasteiger partial charge on any atom is -0.497 e. The van der Waals surface area contributed by atoms with Crippen molar-refractivity contribution in [3.05, 3.63) is 109 Å². The van der Waals surface area contributed by atoms with E-state index in [9.17, 15) is 34.1 Å². The maximum absolute atomic E-state index is 14.0. The van der Waals surface area contributed by atoms with E-state index in [1.54, 1.807) is 43.3 Å². The molecule has 3 amide bonds. The number of thioether (sulfide) groups is 1. The van der Waals surface area contributed by atoms with Crippen LogP contribution in [-0.4, -0.2) is 52.1 Å². The fourth-order valence-corrected chi connectivity index (χ4v) is 8.42. The molecule has 3 atom stereocenters. The van der Waals surface area contributed by atoms with Gasteiger partial charge in [0.15, 0.2) is 0 Å².